The monoisotopic (exact) mass is 621 g/mol. The Kier molecular flexibility index (Phi) is 11.3. The highest BCUT2D eigenvalue weighted by atomic mass is 19.1. The molecule has 1 aromatic heterocycles. The highest BCUT2D eigenvalue weighted by molar-refractivity contribution is 5.92. The fraction of sp³-hybridized carbons (Fsp3) is 0.263. The van der Waals surface area contributed by atoms with E-state index in [-0.39, 0.29) is 11.7 Å². The molecule has 5 rings (SSSR count). The van der Waals surface area contributed by atoms with Crippen molar-refractivity contribution in [3.63, 3.8) is 0 Å². The van der Waals surface area contributed by atoms with E-state index in [1.807, 2.05) is 43.0 Å². The summed E-state index contributed by atoms with van der Waals surface area (Å²) in [4.78, 5) is 21.7. The highest BCUT2D eigenvalue weighted by Gasteiger charge is 2.19. The van der Waals surface area contributed by atoms with Crippen molar-refractivity contribution in [2.45, 2.75) is 27.0 Å². The van der Waals surface area contributed by atoms with Crippen LogP contribution in [0.2, 0.25) is 0 Å². The summed E-state index contributed by atoms with van der Waals surface area (Å²) in [6.45, 7) is 8.84. The molecule has 1 fully saturated rings. The van der Waals surface area contributed by atoms with E-state index in [1.54, 1.807) is 43.6 Å². The second kappa shape index (κ2) is 16.0. The number of hydrogen-bond acceptors (Lipinski definition) is 6. The lowest BCUT2D eigenvalue weighted by molar-refractivity contribution is -0.127. The van der Waals surface area contributed by atoms with E-state index in [2.05, 4.69) is 40.2 Å². The van der Waals surface area contributed by atoms with Gasteiger partial charge in [0.1, 0.15) is 23.9 Å². The van der Waals surface area contributed by atoms with Crippen LogP contribution in [0.1, 0.15) is 33.4 Å². The maximum Gasteiger partial charge on any atom is 0.246 e. The Morgan fingerprint density at radius 1 is 0.870 bits per heavy atom. The molecule has 0 N–H and O–H groups in total. The van der Waals surface area contributed by atoms with Gasteiger partial charge in [-0.25, -0.2) is 9.37 Å². The number of aryl methyl sites for hydroxylation is 2. The van der Waals surface area contributed by atoms with Crippen molar-refractivity contribution in [3.05, 3.63) is 130 Å². The number of nitrogens with zero attached hydrogens (tertiary/aromatic N) is 3. The maximum absolute atomic E-state index is 13.1. The number of carbonyl (C=O) groups excluding carboxylic acids is 1. The number of amides is 1. The van der Waals surface area contributed by atoms with Gasteiger partial charge in [0.25, 0.3) is 0 Å². The largest absolute Gasteiger partial charge is 0.487 e. The minimum absolute atomic E-state index is 0.0217. The van der Waals surface area contributed by atoms with Crippen LogP contribution in [0.25, 0.3) is 12.2 Å². The second-order valence-electron chi connectivity index (χ2n) is 11.4. The zero-order valence-corrected chi connectivity index (χ0v) is 26.6. The number of aromatic nitrogens is 1. The Bertz CT molecular complexity index is 1620. The summed E-state index contributed by atoms with van der Waals surface area (Å²) in [7, 11) is 1.69. The van der Waals surface area contributed by atoms with Crippen LogP contribution in [-0.4, -0.2) is 60.6 Å². The normalized spacial score (nSPS) is 13.9. The number of benzene rings is 3. The number of methoxy groups -OCH3 is 1. The van der Waals surface area contributed by atoms with E-state index in [4.69, 9.17) is 14.2 Å². The molecule has 0 unspecified atom stereocenters. The molecule has 1 saturated heterocycles. The summed E-state index contributed by atoms with van der Waals surface area (Å²) >= 11 is 0. The molecule has 238 valence electrons. The van der Waals surface area contributed by atoms with Gasteiger partial charge in [-0.05, 0) is 83.6 Å². The van der Waals surface area contributed by atoms with E-state index in [0.717, 1.165) is 53.2 Å². The summed E-state index contributed by atoms with van der Waals surface area (Å²) in [6.07, 6.45) is 9.19. The zero-order valence-electron chi connectivity index (χ0n) is 26.6. The van der Waals surface area contributed by atoms with E-state index in [9.17, 15) is 9.18 Å². The first kappa shape index (κ1) is 32.6. The lowest BCUT2D eigenvalue weighted by Gasteiger charge is -2.34. The third-order valence-electron chi connectivity index (χ3n) is 7.78. The minimum atomic E-state index is -0.276. The first-order valence-corrected chi connectivity index (χ1v) is 15.4. The molecule has 46 heavy (non-hydrogen) atoms. The summed E-state index contributed by atoms with van der Waals surface area (Å²) in [5.74, 6) is 1.51. The average Bonchev–Trinajstić information content (AvgIpc) is 3.07. The van der Waals surface area contributed by atoms with Crippen LogP contribution in [0.4, 0.5) is 4.39 Å². The van der Waals surface area contributed by atoms with Crippen molar-refractivity contribution in [2.75, 3.05) is 39.9 Å². The number of halogens is 1. The van der Waals surface area contributed by atoms with E-state index in [0.29, 0.717) is 37.9 Å². The van der Waals surface area contributed by atoms with Gasteiger partial charge < -0.3 is 19.1 Å². The van der Waals surface area contributed by atoms with Crippen LogP contribution in [0.15, 0.2) is 91.1 Å². The SMILES string of the molecule is COCC=Cc1ccc(CN2CCN(C(=O)C=Cc3cc(C)c(Oc4ccc(OCc5ccc(F)cc5)cn4)c(C)c3)CC2)cc1. The summed E-state index contributed by atoms with van der Waals surface area (Å²) < 4.78 is 30.0. The molecular formula is C38H40FN3O4. The Morgan fingerprint density at radius 3 is 2.22 bits per heavy atom. The summed E-state index contributed by atoms with van der Waals surface area (Å²) in [5, 5.41) is 0. The van der Waals surface area contributed by atoms with E-state index >= 15 is 0 Å². The number of rotatable bonds is 12. The molecule has 1 amide bonds. The molecule has 2 heterocycles. The zero-order chi connectivity index (χ0) is 32.3. The maximum atomic E-state index is 13.1. The van der Waals surface area contributed by atoms with E-state index in [1.165, 1.54) is 17.7 Å². The predicted octanol–water partition coefficient (Wildman–Crippen LogP) is 7.23. The summed E-state index contributed by atoms with van der Waals surface area (Å²) in [5.41, 5.74) is 6.11. The van der Waals surface area contributed by atoms with Crippen LogP contribution in [0, 0.1) is 19.7 Å². The molecule has 1 aliphatic heterocycles. The molecule has 3 aromatic carbocycles. The fourth-order valence-electron chi connectivity index (χ4n) is 5.28. The van der Waals surface area contributed by atoms with Crippen LogP contribution in [0.5, 0.6) is 17.4 Å². The van der Waals surface area contributed by atoms with Crippen molar-refractivity contribution in [3.8, 4) is 17.4 Å². The van der Waals surface area contributed by atoms with Gasteiger partial charge in [0, 0.05) is 52.0 Å². The third kappa shape index (κ3) is 9.36. The number of ether oxygens (including phenoxy) is 3. The molecule has 0 aliphatic carbocycles. The second-order valence-corrected chi connectivity index (χ2v) is 11.4. The Hall–Kier alpha value is -4.79. The van der Waals surface area contributed by atoms with Crippen molar-refractivity contribution in [1.29, 1.82) is 0 Å². The standard InChI is InChI=1S/C38H40FN3O4/c1-28-23-33(24-29(2)38(28)46-36-16-15-35(25-40-36)45-27-32-10-13-34(39)14-11-32)12-17-37(43)42-20-18-41(19-21-42)26-31-8-6-30(7-9-31)5-4-22-44-3/h4-17,23-25H,18-22,26-27H2,1-3H3. The molecule has 4 aromatic rings. The molecule has 0 atom stereocenters. The summed E-state index contributed by atoms with van der Waals surface area (Å²) in [6, 6.07) is 22.3. The molecular weight excluding hydrogens is 581 g/mol. The Labute approximate surface area is 270 Å². The number of piperazine rings is 1. The molecule has 0 saturated carbocycles. The van der Waals surface area contributed by atoms with Gasteiger partial charge in [0.2, 0.25) is 11.8 Å². The fourth-order valence-corrected chi connectivity index (χ4v) is 5.28. The smallest absolute Gasteiger partial charge is 0.246 e. The van der Waals surface area contributed by atoms with Gasteiger partial charge in [0.05, 0.1) is 12.8 Å². The lowest BCUT2D eigenvalue weighted by Crippen LogP contribution is -2.47. The first-order valence-electron chi connectivity index (χ1n) is 15.4. The molecule has 1 aliphatic rings. The van der Waals surface area contributed by atoms with Gasteiger partial charge in [-0.2, -0.15) is 0 Å². The van der Waals surface area contributed by atoms with Gasteiger partial charge in [-0.3, -0.25) is 9.69 Å². The average molecular weight is 622 g/mol. The van der Waals surface area contributed by atoms with E-state index < -0.39 is 0 Å². The van der Waals surface area contributed by atoms with Gasteiger partial charge in [0.15, 0.2) is 0 Å². The van der Waals surface area contributed by atoms with Crippen LogP contribution in [-0.2, 0) is 22.7 Å². The topological polar surface area (TPSA) is 64.1 Å². The molecule has 8 heteroatoms. The Morgan fingerprint density at radius 2 is 1.57 bits per heavy atom. The third-order valence-corrected chi connectivity index (χ3v) is 7.78. The first-order chi connectivity index (χ1) is 22.4. The predicted molar refractivity (Wildman–Crippen MR) is 179 cm³/mol. The molecule has 0 spiro atoms. The number of pyridine rings is 1. The van der Waals surface area contributed by atoms with Crippen LogP contribution < -0.4 is 9.47 Å². The van der Waals surface area contributed by atoms with Gasteiger partial charge >= 0.3 is 0 Å². The van der Waals surface area contributed by atoms with Gasteiger partial charge in [-0.1, -0.05) is 48.6 Å². The number of carbonyl (C=O) groups is 1. The van der Waals surface area contributed by atoms with Crippen molar-refractivity contribution >= 4 is 18.1 Å². The van der Waals surface area contributed by atoms with Crippen molar-refractivity contribution in [1.82, 2.24) is 14.8 Å². The Balaban J connectivity index is 1.09. The van der Waals surface area contributed by atoms with Crippen LogP contribution in [0.3, 0.4) is 0 Å². The molecule has 7 nitrogen and oxygen atoms in total. The van der Waals surface area contributed by atoms with Gasteiger partial charge in [-0.15, -0.1) is 0 Å². The molecule has 0 bridgehead atoms. The minimum Gasteiger partial charge on any atom is -0.487 e. The molecule has 0 radical (unpaired) electrons. The number of hydrogen-bond donors (Lipinski definition) is 0. The lowest BCUT2D eigenvalue weighted by atomic mass is 10.1. The quantitative estimate of drug-likeness (QED) is 0.156. The van der Waals surface area contributed by atoms with Crippen LogP contribution >= 0.6 is 0 Å². The highest BCUT2D eigenvalue weighted by Crippen LogP contribution is 2.30. The van der Waals surface area contributed by atoms with Crippen molar-refractivity contribution < 1.29 is 23.4 Å². The van der Waals surface area contributed by atoms with Crippen molar-refractivity contribution in [2.24, 2.45) is 0 Å².